The third kappa shape index (κ3) is 5.48. The molecular weight excluding hydrogens is 334 g/mol. The molecule has 2 aliphatic rings. The molecule has 2 amide bonds. The summed E-state index contributed by atoms with van der Waals surface area (Å²) in [6, 6.07) is 2.01. The van der Waals surface area contributed by atoms with Crippen molar-refractivity contribution < 1.29 is 9.59 Å². The van der Waals surface area contributed by atoms with E-state index in [2.05, 4.69) is 10.6 Å². The van der Waals surface area contributed by atoms with Gasteiger partial charge in [-0.1, -0.05) is 0 Å². The molecule has 2 heterocycles. The summed E-state index contributed by atoms with van der Waals surface area (Å²) in [5.74, 6) is 0.978. The van der Waals surface area contributed by atoms with Crippen LogP contribution in [0, 0.1) is 5.92 Å². The first-order chi connectivity index (χ1) is 10.7. The number of amides is 2. The molecule has 0 atom stereocenters. The number of piperidine rings is 1. The van der Waals surface area contributed by atoms with Gasteiger partial charge in [0.1, 0.15) is 0 Å². The Balaban J connectivity index is 0.00000192. The highest BCUT2D eigenvalue weighted by atomic mass is 35.5. The Labute approximate surface area is 147 Å². The van der Waals surface area contributed by atoms with Gasteiger partial charge in [0, 0.05) is 30.1 Å². The van der Waals surface area contributed by atoms with E-state index in [0.29, 0.717) is 6.54 Å². The fraction of sp³-hybridized carbons (Fsp3) is 0.625. The van der Waals surface area contributed by atoms with Crippen molar-refractivity contribution >= 4 is 35.6 Å². The number of hydrogen-bond acceptors (Lipinski definition) is 4. The summed E-state index contributed by atoms with van der Waals surface area (Å²) < 4.78 is 0. The molecule has 23 heavy (non-hydrogen) atoms. The lowest BCUT2D eigenvalue weighted by atomic mass is 10.0. The van der Waals surface area contributed by atoms with Crippen molar-refractivity contribution in [2.24, 2.45) is 5.92 Å². The van der Waals surface area contributed by atoms with Gasteiger partial charge in [-0.2, -0.15) is 11.3 Å². The molecule has 1 saturated heterocycles. The second-order valence-corrected chi connectivity index (χ2v) is 6.99. The van der Waals surface area contributed by atoms with Crippen LogP contribution in [0.2, 0.25) is 0 Å². The number of likely N-dealkylation sites (tertiary alicyclic amines) is 1. The van der Waals surface area contributed by atoms with Gasteiger partial charge in [-0.15, -0.1) is 12.4 Å². The van der Waals surface area contributed by atoms with Gasteiger partial charge in [-0.05, 0) is 49.6 Å². The van der Waals surface area contributed by atoms with Crippen LogP contribution in [0.4, 0.5) is 0 Å². The van der Waals surface area contributed by atoms with E-state index in [1.165, 1.54) is 24.2 Å². The number of halogens is 1. The zero-order chi connectivity index (χ0) is 15.4. The van der Waals surface area contributed by atoms with E-state index in [0.717, 1.165) is 44.0 Å². The van der Waals surface area contributed by atoms with Crippen molar-refractivity contribution in [3.63, 3.8) is 0 Å². The molecule has 1 aromatic heterocycles. The fourth-order valence-electron chi connectivity index (χ4n) is 2.75. The molecule has 128 valence electrons. The van der Waals surface area contributed by atoms with Crippen LogP contribution >= 0.6 is 23.7 Å². The molecule has 2 fully saturated rings. The number of carbonyl (C=O) groups excluding carboxylic acids is 2. The largest absolute Gasteiger partial charge is 0.349 e. The molecule has 0 aromatic carbocycles. The lowest BCUT2D eigenvalue weighted by molar-refractivity contribution is -0.131. The van der Waals surface area contributed by atoms with Crippen LogP contribution in [0.15, 0.2) is 16.8 Å². The molecule has 1 aliphatic carbocycles. The second-order valence-electron chi connectivity index (χ2n) is 6.21. The van der Waals surface area contributed by atoms with Crippen molar-refractivity contribution in [2.75, 3.05) is 26.2 Å². The van der Waals surface area contributed by atoms with Crippen LogP contribution in [0.5, 0.6) is 0 Å². The third-order valence-corrected chi connectivity index (χ3v) is 5.06. The van der Waals surface area contributed by atoms with E-state index < -0.39 is 0 Å². The Bertz CT molecular complexity index is 511. The van der Waals surface area contributed by atoms with E-state index >= 15 is 0 Å². The summed E-state index contributed by atoms with van der Waals surface area (Å²) in [5, 5.41) is 10.1. The van der Waals surface area contributed by atoms with E-state index in [-0.39, 0.29) is 30.3 Å². The Kier molecular flexibility index (Phi) is 6.87. The number of rotatable bonds is 6. The van der Waals surface area contributed by atoms with Gasteiger partial charge < -0.3 is 15.5 Å². The second kappa shape index (κ2) is 8.66. The summed E-state index contributed by atoms with van der Waals surface area (Å²) in [4.78, 5) is 26.0. The molecule has 5 nitrogen and oxygen atoms in total. The summed E-state index contributed by atoms with van der Waals surface area (Å²) in [6.07, 6.45) is 4.28. The molecule has 0 radical (unpaired) electrons. The van der Waals surface area contributed by atoms with Gasteiger partial charge in [0.15, 0.2) is 0 Å². The van der Waals surface area contributed by atoms with Crippen LogP contribution in [-0.2, 0) is 4.79 Å². The maximum Gasteiger partial charge on any atom is 0.252 e. The highest BCUT2D eigenvalue weighted by Gasteiger charge is 2.25. The Morgan fingerprint density at radius 1 is 1.22 bits per heavy atom. The van der Waals surface area contributed by atoms with Gasteiger partial charge in [-0.3, -0.25) is 9.59 Å². The van der Waals surface area contributed by atoms with Crippen LogP contribution in [0.25, 0.3) is 0 Å². The predicted octanol–water partition coefficient (Wildman–Crippen LogP) is 1.89. The number of nitrogens with one attached hydrogen (secondary N) is 2. The number of thiophene rings is 1. The lowest BCUT2D eigenvalue weighted by Gasteiger charge is -2.32. The number of nitrogens with zero attached hydrogens (tertiary/aromatic N) is 1. The van der Waals surface area contributed by atoms with Gasteiger partial charge >= 0.3 is 0 Å². The van der Waals surface area contributed by atoms with Crippen LogP contribution in [0.3, 0.4) is 0 Å². The summed E-state index contributed by atoms with van der Waals surface area (Å²) in [5.41, 5.74) is 0.729. The highest BCUT2D eigenvalue weighted by molar-refractivity contribution is 7.08. The topological polar surface area (TPSA) is 61.4 Å². The molecular formula is C16H24ClN3O2S. The minimum absolute atomic E-state index is 0. The molecule has 1 aliphatic heterocycles. The van der Waals surface area contributed by atoms with Gasteiger partial charge in [0.25, 0.3) is 5.91 Å². The van der Waals surface area contributed by atoms with Crippen molar-refractivity contribution in [2.45, 2.75) is 31.7 Å². The first-order valence-corrected chi connectivity index (χ1v) is 8.98. The van der Waals surface area contributed by atoms with Gasteiger partial charge in [0.2, 0.25) is 5.91 Å². The highest BCUT2D eigenvalue weighted by Crippen LogP contribution is 2.27. The molecule has 0 spiro atoms. The minimum Gasteiger partial charge on any atom is -0.349 e. The van der Waals surface area contributed by atoms with Gasteiger partial charge in [-0.25, -0.2) is 0 Å². The molecule has 3 rings (SSSR count). The number of carbonyl (C=O) groups is 2. The smallest absolute Gasteiger partial charge is 0.252 e. The average molecular weight is 358 g/mol. The lowest BCUT2D eigenvalue weighted by Crippen LogP contribution is -2.48. The van der Waals surface area contributed by atoms with Crippen LogP contribution in [-0.4, -0.2) is 48.9 Å². The Morgan fingerprint density at radius 3 is 2.57 bits per heavy atom. The van der Waals surface area contributed by atoms with Crippen molar-refractivity contribution in [3.05, 3.63) is 22.4 Å². The fourth-order valence-corrected chi connectivity index (χ4v) is 3.39. The quantitative estimate of drug-likeness (QED) is 0.817. The minimum atomic E-state index is -0.00266. The normalized spacial score (nSPS) is 18.3. The standard InChI is InChI=1S/C16H23N3O2S.ClH/c20-15(10-17-9-12-1-2-12)19-6-3-14(4-7-19)18-16(21)13-5-8-22-11-13;/h5,8,11-12,14,17H,1-4,6-7,9-10H2,(H,18,21);1H. The van der Waals surface area contributed by atoms with E-state index in [1.807, 2.05) is 21.7 Å². The van der Waals surface area contributed by atoms with E-state index in [4.69, 9.17) is 0 Å². The van der Waals surface area contributed by atoms with E-state index in [1.54, 1.807) is 0 Å². The number of hydrogen-bond donors (Lipinski definition) is 2. The Hall–Kier alpha value is -1.11. The molecule has 1 aromatic rings. The maximum atomic E-state index is 12.1. The zero-order valence-corrected chi connectivity index (χ0v) is 14.8. The van der Waals surface area contributed by atoms with Gasteiger partial charge in [0.05, 0.1) is 6.54 Å². The Morgan fingerprint density at radius 2 is 1.96 bits per heavy atom. The first-order valence-electron chi connectivity index (χ1n) is 8.04. The first kappa shape index (κ1) is 18.2. The van der Waals surface area contributed by atoms with E-state index in [9.17, 15) is 9.59 Å². The molecule has 0 unspecified atom stereocenters. The molecule has 1 saturated carbocycles. The molecule has 0 bridgehead atoms. The van der Waals surface area contributed by atoms with Crippen LogP contribution in [0.1, 0.15) is 36.0 Å². The third-order valence-electron chi connectivity index (χ3n) is 4.37. The summed E-state index contributed by atoms with van der Waals surface area (Å²) in [7, 11) is 0. The summed E-state index contributed by atoms with van der Waals surface area (Å²) >= 11 is 1.53. The average Bonchev–Trinajstić information content (AvgIpc) is 3.18. The zero-order valence-electron chi connectivity index (χ0n) is 13.1. The summed E-state index contributed by atoms with van der Waals surface area (Å²) in [6.45, 7) is 2.89. The monoisotopic (exact) mass is 357 g/mol. The molecule has 2 N–H and O–H groups in total. The SMILES string of the molecule is Cl.O=C(NC1CCN(C(=O)CNCC2CC2)CC1)c1ccsc1. The van der Waals surface area contributed by atoms with Crippen LogP contribution < -0.4 is 10.6 Å². The van der Waals surface area contributed by atoms with Crippen molar-refractivity contribution in [1.29, 1.82) is 0 Å². The predicted molar refractivity (Wildman–Crippen MR) is 94.2 cm³/mol. The van der Waals surface area contributed by atoms with Crippen molar-refractivity contribution in [1.82, 2.24) is 15.5 Å². The maximum absolute atomic E-state index is 12.1. The van der Waals surface area contributed by atoms with Crippen molar-refractivity contribution in [3.8, 4) is 0 Å². The molecule has 7 heteroatoms.